The highest BCUT2D eigenvalue weighted by Gasteiger charge is 2.67. The Morgan fingerprint density at radius 3 is 2.41 bits per heavy atom. The van der Waals surface area contributed by atoms with Gasteiger partial charge in [-0.1, -0.05) is 65.7 Å². The molecular weight excluding hydrogens is 478 g/mol. The molecule has 2 bridgehead atoms. The van der Waals surface area contributed by atoms with Crippen LogP contribution in [0.4, 0.5) is 0 Å². The van der Waals surface area contributed by atoms with Crippen LogP contribution in [0, 0.1) is 45.3 Å². The van der Waals surface area contributed by atoms with Crippen LogP contribution in [0.15, 0.2) is 35.1 Å². The molecule has 0 radical (unpaired) electrons. The minimum atomic E-state index is -0.314. The third-order valence-electron chi connectivity index (χ3n) is 13.1. The Bertz CT molecular complexity index is 1070. The molecule has 5 rings (SSSR count). The van der Waals surface area contributed by atoms with Crippen molar-refractivity contribution in [3.8, 4) is 0 Å². The van der Waals surface area contributed by atoms with E-state index in [0.29, 0.717) is 35.7 Å². The Morgan fingerprint density at radius 1 is 1.10 bits per heavy atom. The van der Waals surface area contributed by atoms with Gasteiger partial charge in [0.1, 0.15) is 5.60 Å². The third-order valence-corrected chi connectivity index (χ3v) is 13.1. The van der Waals surface area contributed by atoms with Gasteiger partial charge in [-0.3, -0.25) is 0 Å². The predicted octanol–water partition coefficient (Wildman–Crippen LogP) is 8.99. The molecule has 3 nitrogen and oxygen atoms in total. The highest BCUT2D eigenvalue weighted by Crippen LogP contribution is 2.72. The van der Waals surface area contributed by atoms with Crippen molar-refractivity contribution >= 4 is 0 Å². The van der Waals surface area contributed by atoms with Crippen LogP contribution in [0.25, 0.3) is 0 Å². The van der Waals surface area contributed by atoms with E-state index in [1.807, 2.05) is 0 Å². The summed E-state index contributed by atoms with van der Waals surface area (Å²) in [6.07, 6.45) is 16.1. The topological polar surface area (TPSA) is 44.5 Å². The molecule has 1 spiro atoms. The minimum Gasteiger partial charge on any atom is -0.495 e. The van der Waals surface area contributed by atoms with Gasteiger partial charge in [0, 0.05) is 16.4 Å². The molecule has 0 amide bonds. The van der Waals surface area contributed by atoms with Gasteiger partial charge < -0.3 is 15.2 Å². The van der Waals surface area contributed by atoms with Gasteiger partial charge in [0.05, 0.1) is 19.0 Å². The highest BCUT2D eigenvalue weighted by molar-refractivity contribution is 5.38. The average molecular weight is 538 g/mol. The van der Waals surface area contributed by atoms with E-state index in [0.717, 1.165) is 12.8 Å². The molecule has 220 valence electrons. The zero-order valence-electron chi connectivity index (χ0n) is 27.2. The lowest BCUT2D eigenvalue weighted by Gasteiger charge is -2.68. The molecule has 8 atom stereocenters. The van der Waals surface area contributed by atoms with E-state index in [-0.39, 0.29) is 33.5 Å². The van der Waals surface area contributed by atoms with Crippen molar-refractivity contribution in [1.29, 1.82) is 0 Å². The van der Waals surface area contributed by atoms with Crippen molar-refractivity contribution in [2.24, 2.45) is 51.1 Å². The van der Waals surface area contributed by atoms with E-state index in [9.17, 15) is 0 Å². The fourth-order valence-electron chi connectivity index (χ4n) is 10.4. The standard InChI is InChI=1S/C36H59NO2/c1-23(2)25(5)36-17-16-34(11)28-12-13-29(32(8,9)27(28)14-15-35(34,21-36)18-19-39-36)33(10)20-26(24(3)4)30(33)38-22-31(6,7)37/h14,18-19,23,25,28-30H,12-13,15-17,20-22,37H2,1-11H3/t25-,28?,29?,30?,33+,34?,35-,36-/m1/s1. The number of fused-ring (bicyclic) bond motifs is 3. The Morgan fingerprint density at radius 2 is 1.79 bits per heavy atom. The molecule has 0 aromatic carbocycles. The van der Waals surface area contributed by atoms with Crippen molar-refractivity contribution in [3.05, 3.63) is 35.1 Å². The number of allylic oxidation sites excluding steroid dienone is 4. The van der Waals surface area contributed by atoms with Crippen LogP contribution in [-0.4, -0.2) is 23.9 Å². The first kappa shape index (κ1) is 29.4. The van der Waals surface area contributed by atoms with E-state index >= 15 is 0 Å². The number of hydrogen-bond acceptors (Lipinski definition) is 3. The SMILES string of the molecule is CC(C)=C1C[C@@](C)(C2CCC3C(=CC[C@]45C=CO[C@]([C@H](C)C(C)C)(CCC34C)C5)C2(C)C)C1OCC(C)(C)N. The summed E-state index contributed by atoms with van der Waals surface area (Å²) < 4.78 is 13.3. The molecule has 3 heteroatoms. The number of hydrogen-bond donors (Lipinski definition) is 1. The molecule has 2 N–H and O–H groups in total. The van der Waals surface area contributed by atoms with Crippen LogP contribution in [-0.2, 0) is 9.47 Å². The van der Waals surface area contributed by atoms with Gasteiger partial charge in [0.25, 0.3) is 0 Å². The maximum atomic E-state index is 6.70. The molecule has 1 aliphatic heterocycles. The van der Waals surface area contributed by atoms with Gasteiger partial charge in [0.15, 0.2) is 0 Å². The van der Waals surface area contributed by atoms with Crippen LogP contribution in [0.5, 0.6) is 0 Å². The van der Waals surface area contributed by atoms with Crippen LogP contribution < -0.4 is 5.73 Å². The lowest BCUT2D eigenvalue weighted by molar-refractivity contribution is -0.180. The van der Waals surface area contributed by atoms with Crippen molar-refractivity contribution in [2.75, 3.05) is 6.61 Å². The van der Waals surface area contributed by atoms with Crippen molar-refractivity contribution in [2.45, 2.75) is 138 Å². The minimum absolute atomic E-state index is 0.00196. The fourth-order valence-corrected chi connectivity index (χ4v) is 10.4. The molecular formula is C36H59NO2. The number of ether oxygens (including phenoxy) is 2. The predicted molar refractivity (Wildman–Crippen MR) is 163 cm³/mol. The highest BCUT2D eigenvalue weighted by atomic mass is 16.5. The van der Waals surface area contributed by atoms with Crippen LogP contribution in [0.1, 0.15) is 121 Å². The molecule has 3 fully saturated rings. The second-order valence-electron chi connectivity index (χ2n) is 16.9. The van der Waals surface area contributed by atoms with Gasteiger partial charge in [0.2, 0.25) is 0 Å². The van der Waals surface area contributed by atoms with Crippen molar-refractivity contribution in [1.82, 2.24) is 0 Å². The largest absolute Gasteiger partial charge is 0.495 e. The number of nitrogens with two attached hydrogens (primary N) is 1. The molecule has 1 heterocycles. The first-order valence-electron chi connectivity index (χ1n) is 16.1. The summed E-state index contributed by atoms with van der Waals surface area (Å²) in [5.74, 6) is 2.46. The van der Waals surface area contributed by atoms with Gasteiger partial charge in [-0.25, -0.2) is 0 Å². The molecule has 0 aromatic rings. The normalized spacial score (nSPS) is 43.6. The fraction of sp³-hybridized carbons (Fsp3) is 0.833. The Labute approximate surface area is 240 Å². The van der Waals surface area contributed by atoms with E-state index < -0.39 is 0 Å². The first-order valence-corrected chi connectivity index (χ1v) is 16.1. The third kappa shape index (κ3) is 4.26. The quantitative estimate of drug-likeness (QED) is 0.344. The zero-order chi connectivity index (χ0) is 28.8. The van der Waals surface area contributed by atoms with Crippen LogP contribution >= 0.6 is 0 Å². The van der Waals surface area contributed by atoms with Crippen LogP contribution in [0.3, 0.4) is 0 Å². The van der Waals surface area contributed by atoms with Crippen LogP contribution in [0.2, 0.25) is 0 Å². The lowest BCUT2D eigenvalue weighted by atomic mass is 9.38. The molecule has 4 aliphatic carbocycles. The molecule has 0 aromatic heterocycles. The maximum absolute atomic E-state index is 6.70. The smallest absolute Gasteiger partial charge is 0.112 e. The maximum Gasteiger partial charge on any atom is 0.112 e. The second-order valence-corrected chi connectivity index (χ2v) is 16.9. The first-order chi connectivity index (χ1) is 17.9. The summed E-state index contributed by atoms with van der Waals surface area (Å²) in [5, 5.41) is 0. The van der Waals surface area contributed by atoms with Gasteiger partial charge in [-0.05, 0) is 119 Å². The molecule has 4 unspecified atom stereocenters. The summed E-state index contributed by atoms with van der Waals surface area (Å²) in [6, 6.07) is 0. The van der Waals surface area contributed by atoms with Gasteiger partial charge >= 0.3 is 0 Å². The summed E-state index contributed by atoms with van der Waals surface area (Å²) >= 11 is 0. The summed E-state index contributed by atoms with van der Waals surface area (Å²) in [6.45, 7) is 26.8. The Balaban J connectivity index is 1.47. The van der Waals surface area contributed by atoms with Crippen molar-refractivity contribution < 1.29 is 9.47 Å². The van der Waals surface area contributed by atoms with E-state index in [1.54, 1.807) is 5.57 Å². The monoisotopic (exact) mass is 537 g/mol. The summed E-state index contributed by atoms with van der Waals surface area (Å²) in [4.78, 5) is 0. The lowest BCUT2D eigenvalue weighted by Crippen LogP contribution is -2.63. The summed E-state index contributed by atoms with van der Waals surface area (Å²) in [7, 11) is 0. The molecule has 3 saturated carbocycles. The van der Waals surface area contributed by atoms with E-state index in [1.165, 1.54) is 43.3 Å². The van der Waals surface area contributed by atoms with E-state index in [4.69, 9.17) is 15.2 Å². The van der Waals surface area contributed by atoms with Gasteiger partial charge in [-0.15, -0.1) is 0 Å². The Hall–Kier alpha value is -1.06. The second kappa shape index (κ2) is 9.22. The summed E-state index contributed by atoms with van der Waals surface area (Å²) in [5.41, 5.74) is 11.6. The molecule has 5 aliphatic rings. The van der Waals surface area contributed by atoms with Gasteiger partial charge in [-0.2, -0.15) is 0 Å². The number of rotatable bonds is 6. The van der Waals surface area contributed by atoms with Crippen molar-refractivity contribution in [3.63, 3.8) is 0 Å². The average Bonchev–Trinajstić information content (AvgIpc) is 2.82. The molecule has 0 saturated heterocycles. The Kier molecular flexibility index (Phi) is 6.96. The van der Waals surface area contributed by atoms with E-state index in [2.05, 4.69) is 94.6 Å². The molecule has 39 heavy (non-hydrogen) atoms. The zero-order valence-corrected chi connectivity index (χ0v) is 27.2.